The lowest BCUT2D eigenvalue weighted by molar-refractivity contribution is -0.130. The summed E-state index contributed by atoms with van der Waals surface area (Å²) >= 11 is 0. The predicted octanol–water partition coefficient (Wildman–Crippen LogP) is 5.99. The van der Waals surface area contributed by atoms with E-state index in [-0.39, 0.29) is 17.5 Å². The van der Waals surface area contributed by atoms with E-state index < -0.39 is 5.54 Å². The van der Waals surface area contributed by atoms with Crippen molar-refractivity contribution in [2.24, 2.45) is 0 Å². The van der Waals surface area contributed by atoms with Crippen LogP contribution >= 0.6 is 0 Å². The molecule has 5 heteroatoms. The Balaban J connectivity index is 1.71. The molecule has 184 valence electrons. The van der Waals surface area contributed by atoms with Crippen molar-refractivity contribution in [1.29, 1.82) is 0 Å². The fourth-order valence-corrected chi connectivity index (χ4v) is 5.16. The fourth-order valence-electron chi connectivity index (χ4n) is 5.16. The summed E-state index contributed by atoms with van der Waals surface area (Å²) in [6, 6.07) is 18.7. The molecule has 3 amide bonds. The number of carbonyl (C=O) groups excluding carboxylic acids is 2. The molecule has 0 aromatic heterocycles. The van der Waals surface area contributed by atoms with Crippen molar-refractivity contribution in [3.8, 4) is 0 Å². The van der Waals surface area contributed by atoms with Gasteiger partial charge in [-0.15, -0.1) is 0 Å². The van der Waals surface area contributed by atoms with Crippen molar-refractivity contribution in [3.05, 3.63) is 71.8 Å². The first-order chi connectivity index (χ1) is 16.5. The number of imide groups is 1. The van der Waals surface area contributed by atoms with Crippen LogP contribution in [0.2, 0.25) is 0 Å². The molecule has 0 radical (unpaired) electrons. The number of carbonyl (C=O) groups is 2. The van der Waals surface area contributed by atoms with Crippen LogP contribution in [0, 0.1) is 0 Å². The zero-order chi connectivity index (χ0) is 24.4. The Hall–Kier alpha value is -2.66. The molecule has 5 nitrogen and oxygen atoms in total. The molecule has 2 aromatic rings. The molecule has 3 rings (SSSR count). The monoisotopic (exact) mass is 463 g/mol. The van der Waals surface area contributed by atoms with Crippen LogP contribution < -0.4 is 10.6 Å². The zero-order valence-corrected chi connectivity index (χ0v) is 21.1. The lowest BCUT2D eigenvalue weighted by Crippen LogP contribution is -2.48. The number of rotatable bonds is 14. The van der Waals surface area contributed by atoms with Crippen LogP contribution in [0.1, 0.15) is 83.3 Å². The number of hydrogen-bond donors (Lipinski definition) is 2. The molecule has 0 bridgehead atoms. The summed E-state index contributed by atoms with van der Waals surface area (Å²) < 4.78 is 0. The maximum atomic E-state index is 13.8. The SMILES string of the molecule is CCCCCCCC(C)(CCC)NCCN1C(=O)NC(c2ccccc2)(c2ccccc2)C1=O. The van der Waals surface area contributed by atoms with Crippen LogP contribution in [0.3, 0.4) is 0 Å². The van der Waals surface area contributed by atoms with Gasteiger partial charge < -0.3 is 10.6 Å². The predicted molar refractivity (Wildman–Crippen MR) is 139 cm³/mol. The first kappa shape index (κ1) is 26.0. The molecule has 1 aliphatic heterocycles. The normalized spacial score (nSPS) is 17.0. The molecular weight excluding hydrogens is 422 g/mol. The third-order valence-corrected chi connectivity index (χ3v) is 7.04. The van der Waals surface area contributed by atoms with Crippen molar-refractivity contribution in [3.63, 3.8) is 0 Å². The first-order valence-electron chi connectivity index (χ1n) is 13.0. The van der Waals surface area contributed by atoms with Gasteiger partial charge in [0, 0.05) is 18.6 Å². The summed E-state index contributed by atoms with van der Waals surface area (Å²) in [6.07, 6.45) is 9.62. The lowest BCUT2D eigenvalue weighted by atomic mass is 9.82. The smallest absolute Gasteiger partial charge is 0.315 e. The number of unbranched alkanes of at least 4 members (excludes halogenated alkanes) is 4. The van der Waals surface area contributed by atoms with E-state index in [1.54, 1.807) is 0 Å². The number of amides is 3. The average Bonchev–Trinajstić information content (AvgIpc) is 3.11. The Morgan fingerprint density at radius 1 is 0.824 bits per heavy atom. The molecule has 1 heterocycles. The molecule has 2 aromatic carbocycles. The van der Waals surface area contributed by atoms with Crippen LogP contribution in [-0.2, 0) is 10.3 Å². The second-order valence-corrected chi connectivity index (χ2v) is 9.77. The van der Waals surface area contributed by atoms with Gasteiger partial charge in [0.05, 0.1) is 0 Å². The number of urea groups is 1. The average molecular weight is 464 g/mol. The first-order valence-corrected chi connectivity index (χ1v) is 13.0. The maximum Gasteiger partial charge on any atom is 0.325 e. The van der Waals surface area contributed by atoms with Crippen LogP contribution in [0.15, 0.2) is 60.7 Å². The van der Waals surface area contributed by atoms with Gasteiger partial charge in [-0.3, -0.25) is 9.69 Å². The minimum atomic E-state index is -1.19. The zero-order valence-electron chi connectivity index (χ0n) is 21.1. The third-order valence-electron chi connectivity index (χ3n) is 7.04. The van der Waals surface area contributed by atoms with Crippen molar-refractivity contribution >= 4 is 11.9 Å². The van der Waals surface area contributed by atoms with Crippen LogP contribution in [-0.4, -0.2) is 35.5 Å². The number of nitrogens with zero attached hydrogens (tertiary/aromatic N) is 1. The van der Waals surface area contributed by atoms with Crippen LogP contribution in [0.5, 0.6) is 0 Å². The second kappa shape index (κ2) is 12.2. The molecule has 0 saturated carbocycles. The van der Waals surface area contributed by atoms with Gasteiger partial charge in [0.1, 0.15) is 0 Å². The summed E-state index contributed by atoms with van der Waals surface area (Å²) in [5.41, 5.74) is 0.387. The van der Waals surface area contributed by atoms with Gasteiger partial charge in [-0.1, -0.05) is 113 Å². The highest BCUT2D eigenvalue weighted by atomic mass is 16.2. The molecule has 0 spiro atoms. The maximum absolute atomic E-state index is 13.8. The van der Waals surface area contributed by atoms with Gasteiger partial charge in [0.2, 0.25) is 0 Å². The molecular formula is C29H41N3O2. The Morgan fingerprint density at radius 2 is 1.41 bits per heavy atom. The lowest BCUT2D eigenvalue weighted by Gasteiger charge is -2.32. The van der Waals surface area contributed by atoms with E-state index in [2.05, 4.69) is 31.4 Å². The third kappa shape index (κ3) is 5.87. The van der Waals surface area contributed by atoms with Gasteiger partial charge in [-0.25, -0.2) is 4.79 Å². The van der Waals surface area contributed by atoms with Crippen LogP contribution in [0.25, 0.3) is 0 Å². The van der Waals surface area contributed by atoms with Gasteiger partial charge >= 0.3 is 6.03 Å². The van der Waals surface area contributed by atoms with Gasteiger partial charge in [0.15, 0.2) is 5.54 Å². The van der Waals surface area contributed by atoms with E-state index in [1.807, 2.05) is 60.7 Å². The molecule has 0 aliphatic carbocycles. The summed E-state index contributed by atoms with van der Waals surface area (Å²) in [4.78, 5) is 28.2. The highest BCUT2D eigenvalue weighted by Gasteiger charge is 2.53. The second-order valence-electron chi connectivity index (χ2n) is 9.77. The van der Waals surface area contributed by atoms with Crippen molar-refractivity contribution in [2.45, 2.75) is 83.2 Å². The van der Waals surface area contributed by atoms with Gasteiger partial charge in [0.25, 0.3) is 5.91 Å². The number of benzene rings is 2. The van der Waals surface area contributed by atoms with E-state index in [4.69, 9.17) is 0 Å². The molecule has 1 atom stereocenters. The fraction of sp³-hybridized carbons (Fsp3) is 0.517. The molecule has 1 unspecified atom stereocenters. The van der Waals surface area contributed by atoms with Crippen molar-refractivity contribution in [1.82, 2.24) is 15.5 Å². The van der Waals surface area contributed by atoms with Gasteiger partial charge in [-0.2, -0.15) is 0 Å². The number of hydrogen-bond acceptors (Lipinski definition) is 3. The Labute approximate surface area is 205 Å². The largest absolute Gasteiger partial charge is 0.325 e. The van der Waals surface area contributed by atoms with E-state index in [9.17, 15) is 9.59 Å². The molecule has 1 fully saturated rings. The summed E-state index contributed by atoms with van der Waals surface area (Å²) in [6.45, 7) is 7.66. The molecule has 1 aliphatic rings. The van der Waals surface area contributed by atoms with E-state index in [1.165, 1.54) is 37.0 Å². The highest BCUT2D eigenvalue weighted by Crippen LogP contribution is 2.35. The Bertz CT molecular complexity index is 876. The standard InChI is InChI=1S/C29H41N3O2/c1-4-6-7-8-15-21-28(3,20-5-2)30-22-23-32-26(33)29(31-27(32)34,24-16-11-9-12-17-24)25-18-13-10-14-19-25/h9-14,16-19,30H,4-8,15,20-23H2,1-3H3,(H,31,34). The Morgan fingerprint density at radius 3 is 1.97 bits per heavy atom. The van der Waals surface area contributed by atoms with Crippen molar-refractivity contribution < 1.29 is 9.59 Å². The van der Waals surface area contributed by atoms with Crippen LogP contribution in [0.4, 0.5) is 4.79 Å². The highest BCUT2D eigenvalue weighted by molar-refractivity contribution is 6.09. The van der Waals surface area contributed by atoms with Gasteiger partial charge in [-0.05, 0) is 30.9 Å². The quantitative estimate of drug-likeness (QED) is 0.267. The topological polar surface area (TPSA) is 61.4 Å². The molecule has 34 heavy (non-hydrogen) atoms. The summed E-state index contributed by atoms with van der Waals surface area (Å²) in [7, 11) is 0. The van der Waals surface area contributed by atoms with E-state index >= 15 is 0 Å². The minimum absolute atomic E-state index is 0.0240. The molecule has 2 N–H and O–H groups in total. The number of nitrogens with one attached hydrogen (secondary N) is 2. The minimum Gasteiger partial charge on any atom is -0.315 e. The van der Waals surface area contributed by atoms with E-state index in [0.29, 0.717) is 13.1 Å². The molecule has 1 saturated heterocycles. The van der Waals surface area contributed by atoms with Crippen molar-refractivity contribution in [2.75, 3.05) is 13.1 Å². The van der Waals surface area contributed by atoms with E-state index in [0.717, 1.165) is 30.4 Å². The summed E-state index contributed by atoms with van der Waals surface area (Å²) in [5, 5.41) is 6.73. The Kier molecular flexibility index (Phi) is 9.28. The summed E-state index contributed by atoms with van der Waals surface area (Å²) in [5.74, 6) is -0.214.